The number of aliphatic hydroxyl groups excluding tert-OH is 1. The average Bonchev–Trinajstić information content (AvgIpc) is 2.73. The Hall–Kier alpha value is -1.00. The van der Waals surface area contributed by atoms with Crippen molar-refractivity contribution in [3.8, 4) is 0 Å². The molecular formula is C12H16BrN3O4S. The molecule has 2 atom stereocenters. The van der Waals surface area contributed by atoms with Gasteiger partial charge in [-0.25, -0.2) is 13.1 Å². The predicted octanol–water partition coefficient (Wildman–Crippen LogP) is -0.0699. The van der Waals surface area contributed by atoms with Gasteiger partial charge in [-0.3, -0.25) is 4.79 Å². The number of anilines is 1. The number of halogens is 1. The quantitative estimate of drug-likeness (QED) is 0.572. The number of hydrogen-bond acceptors (Lipinski definition) is 5. The van der Waals surface area contributed by atoms with Gasteiger partial charge in [-0.05, 0) is 40.5 Å². The number of hydrogen-bond donors (Lipinski definition) is 4. The summed E-state index contributed by atoms with van der Waals surface area (Å²) in [6.07, 6.45) is -0.670. The van der Waals surface area contributed by atoms with Crippen molar-refractivity contribution in [3.63, 3.8) is 0 Å². The van der Waals surface area contributed by atoms with Crippen molar-refractivity contribution in [3.05, 3.63) is 22.2 Å². The van der Waals surface area contributed by atoms with Crippen LogP contribution in [0.1, 0.15) is 12.5 Å². The maximum absolute atomic E-state index is 12.3. The second kappa shape index (κ2) is 6.01. The monoisotopic (exact) mass is 377 g/mol. The van der Waals surface area contributed by atoms with Crippen LogP contribution < -0.4 is 15.8 Å². The first-order chi connectivity index (χ1) is 9.70. The van der Waals surface area contributed by atoms with Crippen molar-refractivity contribution in [2.45, 2.75) is 30.4 Å². The zero-order chi connectivity index (χ0) is 15.8. The maximum atomic E-state index is 12.3. The van der Waals surface area contributed by atoms with Crippen LogP contribution in [0.4, 0.5) is 5.69 Å². The lowest BCUT2D eigenvalue weighted by Gasteiger charge is -2.16. The molecule has 2 unspecified atom stereocenters. The first-order valence-electron chi connectivity index (χ1n) is 6.26. The van der Waals surface area contributed by atoms with E-state index in [4.69, 9.17) is 5.73 Å². The fraction of sp³-hybridized carbons (Fsp3) is 0.417. The van der Waals surface area contributed by atoms with Crippen molar-refractivity contribution < 1.29 is 18.3 Å². The minimum Gasteiger partial charge on any atom is -0.392 e. The summed E-state index contributed by atoms with van der Waals surface area (Å²) in [6.45, 7) is 1.41. The molecule has 1 aromatic rings. The highest BCUT2D eigenvalue weighted by molar-refractivity contribution is 9.10. The number of fused-ring (bicyclic) bond motifs is 1. The Morgan fingerprint density at radius 2 is 2.19 bits per heavy atom. The Kier molecular flexibility index (Phi) is 4.69. The molecule has 9 heteroatoms. The van der Waals surface area contributed by atoms with Crippen LogP contribution in [0.25, 0.3) is 0 Å². The largest absolute Gasteiger partial charge is 0.392 e. The fourth-order valence-electron chi connectivity index (χ4n) is 1.89. The highest BCUT2D eigenvalue weighted by Gasteiger charge is 2.25. The Labute approximate surface area is 131 Å². The molecule has 1 aliphatic heterocycles. The van der Waals surface area contributed by atoms with Crippen LogP contribution in [0.15, 0.2) is 21.5 Å². The van der Waals surface area contributed by atoms with Crippen LogP contribution in [0.2, 0.25) is 0 Å². The second-order valence-corrected chi connectivity index (χ2v) is 7.51. The summed E-state index contributed by atoms with van der Waals surface area (Å²) in [5.74, 6) is -0.171. The van der Waals surface area contributed by atoms with E-state index in [1.165, 1.54) is 13.0 Å². The molecule has 0 fully saturated rings. The number of carbonyl (C=O) groups excluding carboxylic acids is 1. The zero-order valence-electron chi connectivity index (χ0n) is 11.3. The summed E-state index contributed by atoms with van der Waals surface area (Å²) >= 11 is 3.19. The lowest BCUT2D eigenvalue weighted by molar-refractivity contribution is -0.115. The number of nitrogens with one attached hydrogen (secondary N) is 2. The third-order valence-corrected chi connectivity index (χ3v) is 5.58. The molecule has 0 aliphatic carbocycles. The predicted molar refractivity (Wildman–Crippen MR) is 81.3 cm³/mol. The maximum Gasteiger partial charge on any atom is 0.241 e. The van der Waals surface area contributed by atoms with Crippen molar-refractivity contribution >= 4 is 37.5 Å². The molecule has 2 rings (SSSR count). The third kappa shape index (κ3) is 3.61. The molecule has 0 saturated carbocycles. The van der Waals surface area contributed by atoms with E-state index in [1.54, 1.807) is 6.07 Å². The Morgan fingerprint density at radius 3 is 2.81 bits per heavy atom. The minimum absolute atomic E-state index is 0.0375. The Balaban J connectivity index is 2.25. The zero-order valence-corrected chi connectivity index (χ0v) is 13.7. The first-order valence-corrected chi connectivity index (χ1v) is 8.54. The van der Waals surface area contributed by atoms with Gasteiger partial charge in [0, 0.05) is 22.7 Å². The molecule has 0 radical (unpaired) electrons. The molecule has 21 heavy (non-hydrogen) atoms. The van der Waals surface area contributed by atoms with Crippen LogP contribution in [-0.2, 0) is 21.2 Å². The fourth-order valence-corrected chi connectivity index (χ4v) is 4.05. The van der Waals surface area contributed by atoms with E-state index < -0.39 is 22.2 Å². The van der Waals surface area contributed by atoms with Crippen molar-refractivity contribution in [1.82, 2.24) is 4.72 Å². The van der Waals surface area contributed by atoms with Crippen molar-refractivity contribution in [2.24, 2.45) is 5.73 Å². The van der Waals surface area contributed by atoms with Gasteiger partial charge in [-0.15, -0.1) is 0 Å². The Bertz CT molecular complexity index is 675. The van der Waals surface area contributed by atoms with E-state index in [0.29, 0.717) is 15.7 Å². The summed E-state index contributed by atoms with van der Waals surface area (Å²) in [7, 11) is -3.79. The van der Waals surface area contributed by atoms with Crippen LogP contribution in [0, 0.1) is 0 Å². The number of amides is 1. The molecule has 0 spiro atoms. The lowest BCUT2D eigenvalue weighted by atomic mass is 10.2. The number of aliphatic hydroxyl groups is 1. The summed E-state index contributed by atoms with van der Waals surface area (Å²) in [6, 6.07) is 2.31. The van der Waals surface area contributed by atoms with Crippen LogP contribution in [0.5, 0.6) is 0 Å². The van der Waals surface area contributed by atoms with Gasteiger partial charge in [0.2, 0.25) is 15.9 Å². The van der Waals surface area contributed by atoms with Gasteiger partial charge in [-0.1, -0.05) is 0 Å². The summed E-state index contributed by atoms with van der Waals surface area (Å²) in [4.78, 5) is 11.4. The molecule has 1 aromatic carbocycles. The van der Waals surface area contributed by atoms with Gasteiger partial charge in [0.1, 0.15) is 0 Å². The van der Waals surface area contributed by atoms with Crippen molar-refractivity contribution in [1.29, 1.82) is 0 Å². The van der Waals surface area contributed by atoms with Gasteiger partial charge in [0.05, 0.1) is 17.4 Å². The van der Waals surface area contributed by atoms with E-state index in [-0.39, 0.29) is 23.8 Å². The average molecular weight is 378 g/mol. The van der Waals surface area contributed by atoms with Crippen molar-refractivity contribution in [2.75, 3.05) is 11.9 Å². The summed E-state index contributed by atoms with van der Waals surface area (Å²) < 4.78 is 27.3. The molecule has 5 N–H and O–H groups in total. The molecule has 1 heterocycles. The first kappa shape index (κ1) is 16.4. The molecule has 0 aromatic heterocycles. The number of benzene rings is 1. The summed E-state index contributed by atoms with van der Waals surface area (Å²) in [5.41, 5.74) is 6.84. The highest BCUT2D eigenvalue weighted by atomic mass is 79.9. The lowest BCUT2D eigenvalue weighted by Crippen LogP contribution is -2.43. The molecular weight excluding hydrogens is 362 g/mol. The second-order valence-electron chi connectivity index (χ2n) is 4.92. The standard InChI is InChI=1S/C12H16BrN3O4S/c1-6(17)9(14)5-15-21(19,20)11-2-7-3-12(18)16-10(7)4-8(11)13/h2,4,6,9,15,17H,3,5,14H2,1H3,(H,16,18). The molecule has 0 bridgehead atoms. The van der Waals surface area contributed by atoms with Gasteiger partial charge < -0.3 is 16.2 Å². The number of rotatable bonds is 5. The van der Waals surface area contributed by atoms with Gasteiger partial charge in [0.15, 0.2) is 0 Å². The number of carbonyl (C=O) groups is 1. The molecule has 0 saturated heterocycles. The number of nitrogens with two attached hydrogens (primary N) is 1. The van der Waals surface area contributed by atoms with Gasteiger partial charge >= 0.3 is 0 Å². The molecule has 1 amide bonds. The van der Waals surface area contributed by atoms with Gasteiger partial charge in [-0.2, -0.15) is 0 Å². The van der Waals surface area contributed by atoms with Crippen LogP contribution in [-0.4, -0.2) is 38.1 Å². The van der Waals surface area contributed by atoms with E-state index in [9.17, 15) is 18.3 Å². The SMILES string of the molecule is CC(O)C(N)CNS(=O)(=O)c1cc2c(cc1Br)NC(=O)C2. The molecule has 1 aliphatic rings. The van der Waals surface area contributed by atoms with Gasteiger partial charge in [0.25, 0.3) is 0 Å². The highest BCUT2D eigenvalue weighted by Crippen LogP contribution is 2.32. The van der Waals surface area contributed by atoms with E-state index in [1.807, 2.05) is 0 Å². The molecule has 116 valence electrons. The number of sulfonamides is 1. The topological polar surface area (TPSA) is 122 Å². The van der Waals surface area contributed by atoms with E-state index in [2.05, 4.69) is 26.0 Å². The normalized spacial score (nSPS) is 17.2. The minimum atomic E-state index is -3.79. The Morgan fingerprint density at radius 1 is 1.52 bits per heavy atom. The smallest absolute Gasteiger partial charge is 0.241 e. The van der Waals surface area contributed by atoms with Crippen LogP contribution >= 0.6 is 15.9 Å². The summed E-state index contributed by atoms with van der Waals surface area (Å²) in [5, 5.41) is 11.9. The van der Waals surface area contributed by atoms with Crippen LogP contribution in [0.3, 0.4) is 0 Å². The van der Waals surface area contributed by atoms with E-state index in [0.717, 1.165) is 0 Å². The van der Waals surface area contributed by atoms with E-state index >= 15 is 0 Å². The third-order valence-electron chi connectivity index (χ3n) is 3.20. The molecule has 7 nitrogen and oxygen atoms in total.